The van der Waals surface area contributed by atoms with E-state index in [1.165, 1.54) is 0 Å². The van der Waals surface area contributed by atoms with Crippen molar-refractivity contribution in [2.24, 2.45) is 11.8 Å². The van der Waals surface area contributed by atoms with Crippen molar-refractivity contribution in [2.75, 3.05) is 18.1 Å². The smallest absolute Gasteiger partial charge is 0.0971 e. The fourth-order valence-corrected chi connectivity index (χ4v) is 2.47. The standard InChI is InChI=1S/C9H18N2S.ClH/c1-7(2)5-8-6-12-4-3-11-9(8)10;/h7-8H,3-6H2,1-2H3,(H2,10,11);1H. The lowest BCUT2D eigenvalue weighted by Gasteiger charge is -2.16. The van der Waals surface area contributed by atoms with E-state index in [4.69, 9.17) is 5.41 Å². The van der Waals surface area contributed by atoms with Crippen molar-refractivity contribution >= 4 is 30.0 Å². The number of hydrogen-bond donors (Lipinski definition) is 2. The van der Waals surface area contributed by atoms with Gasteiger partial charge in [0, 0.05) is 24.0 Å². The molecule has 4 heteroatoms. The van der Waals surface area contributed by atoms with Crippen LogP contribution < -0.4 is 5.32 Å². The van der Waals surface area contributed by atoms with Gasteiger partial charge in [0.05, 0.1) is 5.84 Å². The molecular weight excluding hydrogens is 204 g/mol. The zero-order valence-electron chi connectivity index (χ0n) is 8.30. The fraction of sp³-hybridized carbons (Fsp3) is 0.889. The van der Waals surface area contributed by atoms with Crippen molar-refractivity contribution in [3.63, 3.8) is 0 Å². The Morgan fingerprint density at radius 2 is 2.31 bits per heavy atom. The summed E-state index contributed by atoms with van der Waals surface area (Å²) in [6.07, 6.45) is 1.15. The molecule has 1 unspecified atom stereocenters. The molecule has 0 aromatic rings. The second-order valence-corrected chi connectivity index (χ2v) is 4.89. The van der Waals surface area contributed by atoms with Crippen LogP contribution in [-0.2, 0) is 0 Å². The molecule has 1 saturated heterocycles. The van der Waals surface area contributed by atoms with Gasteiger partial charge in [-0.1, -0.05) is 13.8 Å². The van der Waals surface area contributed by atoms with E-state index in [2.05, 4.69) is 19.2 Å². The van der Waals surface area contributed by atoms with Gasteiger partial charge < -0.3 is 5.32 Å². The van der Waals surface area contributed by atoms with Gasteiger partial charge in [-0.15, -0.1) is 12.4 Å². The lowest BCUT2D eigenvalue weighted by atomic mass is 9.98. The summed E-state index contributed by atoms with van der Waals surface area (Å²) >= 11 is 1.97. The van der Waals surface area contributed by atoms with Gasteiger partial charge in [0.2, 0.25) is 0 Å². The first kappa shape index (κ1) is 13.1. The first-order valence-corrected chi connectivity index (χ1v) is 5.75. The molecule has 2 nitrogen and oxygen atoms in total. The van der Waals surface area contributed by atoms with E-state index in [1.54, 1.807) is 0 Å². The van der Waals surface area contributed by atoms with Crippen LogP contribution in [0.2, 0.25) is 0 Å². The third-order valence-electron chi connectivity index (χ3n) is 2.05. The van der Waals surface area contributed by atoms with Crippen molar-refractivity contribution in [1.82, 2.24) is 5.32 Å². The fourth-order valence-electron chi connectivity index (χ4n) is 1.47. The summed E-state index contributed by atoms with van der Waals surface area (Å²) < 4.78 is 0. The Bertz CT molecular complexity index is 162. The largest absolute Gasteiger partial charge is 0.373 e. The first-order chi connectivity index (χ1) is 5.70. The Morgan fingerprint density at radius 1 is 1.62 bits per heavy atom. The monoisotopic (exact) mass is 222 g/mol. The molecule has 2 N–H and O–H groups in total. The maximum absolute atomic E-state index is 7.75. The van der Waals surface area contributed by atoms with Crippen LogP contribution in [0.25, 0.3) is 0 Å². The molecule has 1 atom stereocenters. The van der Waals surface area contributed by atoms with Crippen molar-refractivity contribution in [3.8, 4) is 0 Å². The molecule has 0 aromatic heterocycles. The Labute approximate surface area is 91.2 Å². The normalized spacial score (nSPS) is 23.3. The third-order valence-corrected chi connectivity index (χ3v) is 3.18. The predicted octanol–water partition coefficient (Wildman–Crippen LogP) is 2.38. The van der Waals surface area contributed by atoms with Crippen LogP contribution in [0.3, 0.4) is 0 Å². The number of rotatable bonds is 2. The molecule has 78 valence electrons. The second kappa shape index (κ2) is 6.55. The van der Waals surface area contributed by atoms with E-state index in [0.29, 0.717) is 11.8 Å². The lowest BCUT2D eigenvalue weighted by Crippen LogP contribution is -2.30. The number of halogens is 1. The van der Waals surface area contributed by atoms with Gasteiger partial charge in [0.25, 0.3) is 0 Å². The van der Waals surface area contributed by atoms with Crippen molar-refractivity contribution in [3.05, 3.63) is 0 Å². The molecule has 1 heterocycles. The summed E-state index contributed by atoms with van der Waals surface area (Å²) in [5.74, 6) is 4.21. The molecule has 0 aromatic carbocycles. The molecule has 0 saturated carbocycles. The average Bonchev–Trinajstić information content (AvgIpc) is 2.16. The van der Waals surface area contributed by atoms with Crippen LogP contribution in [0.4, 0.5) is 0 Å². The van der Waals surface area contributed by atoms with Gasteiger partial charge in [0.15, 0.2) is 0 Å². The molecule has 1 rings (SSSR count). The van der Waals surface area contributed by atoms with Crippen LogP contribution in [0.5, 0.6) is 0 Å². The number of nitrogens with one attached hydrogen (secondary N) is 2. The summed E-state index contributed by atoms with van der Waals surface area (Å²) in [5, 5.41) is 10.9. The van der Waals surface area contributed by atoms with E-state index in [9.17, 15) is 0 Å². The molecule has 0 aliphatic carbocycles. The van der Waals surface area contributed by atoms with E-state index < -0.39 is 0 Å². The van der Waals surface area contributed by atoms with E-state index >= 15 is 0 Å². The molecule has 13 heavy (non-hydrogen) atoms. The Morgan fingerprint density at radius 3 is 2.92 bits per heavy atom. The van der Waals surface area contributed by atoms with Crippen molar-refractivity contribution in [2.45, 2.75) is 20.3 Å². The van der Waals surface area contributed by atoms with E-state index in [-0.39, 0.29) is 12.4 Å². The summed E-state index contributed by atoms with van der Waals surface area (Å²) in [5.41, 5.74) is 0. The van der Waals surface area contributed by atoms with Crippen LogP contribution in [-0.4, -0.2) is 23.9 Å². The Kier molecular flexibility index (Phi) is 6.60. The minimum Gasteiger partial charge on any atom is -0.373 e. The van der Waals surface area contributed by atoms with Crippen LogP contribution in [0, 0.1) is 17.2 Å². The average molecular weight is 223 g/mol. The quantitative estimate of drug-likeness (QED) is 0.753. The molecule has 1 fully saturated rings. The summed E-state index contributed by atoms with van der Waals surface area (Å²) in [6.45, 7) is 5.42. The molecule has 0 bridgehead atoms. The highest BCUT2D eigenvalue weighted by Crippen LogP contribution is 2.19. The van der Waals surface area contributed by atoms with E-state index in [0.717, 1.165) is 30.3 Å². The highest BCUT2D eigenvalue weighted by atomic mass is 35.5. The van der Waals surface area contributed by atoms with Gasteiger partial charge in [0.1, 0.15) is 0 Å². The summed E-state index contributed by atoms with van der Waals surface area (Å²) in [7, 11) is 0. The van der Waals surface area contributed by atoms with Gasteiger partial charge in [-0.25, -0.2) is 0 Å². The lowest BCUT2D eigenvalue weighted by molar-refractivity contribution is 0.518. The molecule has 0 amide bonds. The van der Waals surface area contributed by atoms with Crippen molar-refractivity contribution in [1.29, 1.82) is 5.41 Å². The second-order valence-electron chi connectivity index (χ2n) is 3.74. The molecule has 0 radical (unpaired) electrons. The highest BCUT2D eigenvalue weighted by Gasteiger charge is 2.18. The van der Waals surface area contributed by atoms with Crippen LogP contribution in [0.15, 0.2) is 0 Å². The SMILES string of the molecule is CC(C)CC1CSCCNC1=N.Cl. The van der Waals surface area contributed by atoms with E-state index in [1.807, 2.05) is 11.8 Å². The predicted molar refractivity (Wildman–Crippen MR) is 63.2 cm³/mol. The highest BCUT2D eigenvalue weighted by molar-refractivity contribution is 7.99. The molecule has 1 aliphatic rings. The zero-order valence-corrected chi connectivity index (χ0v) is 9.93. The maximum Gasteiger partial charge on any atom is 0.0971 e. The maximum atomic E-state index is 7.75. The van der Waals surface area contributed by atoms with Gasteiger partial charge in [-0.2, -0.15) is 11.8 Å². The number of amidine groups is 1. The van der Waals surface area contributed by atoms with Gasteiger partial charge >= 0.3 is 0 Å². The molecule has 0 spiro atoms. The molecule has 1 aliphatic heterocycles. The zero-order chi connectivity index (χ0) is 8.97. The Hall–Kier alpha value is 0.110. The Balaban J connectivity index is 0.00000144. The first-order valence-electron chi connectivity index (χ1n) is 4.60. The summed E-state index contributed by atoms with van der Waals surface area (Å²) in [4.78, 5) is 0. The van der Waals surface area contributed by atoms with Crippen LogP contribution in [0.1, 0.15) is 20.3 Å². The number of hydrogen-bond acceptors (Lipinski definition) is 2. The van der Waals surface area contributed by atoms with Gasteiger partial charge in [-0.3, -0.25) is 5.41 Å². The minimum absolute atomic E-state index is 0. The molecular formula is C9H19ClN2S. The number of thioether (sulfide) groups is 1. The van der Waals surface area contributed by atoms with Crippen LogP contribution >= 0.6 is 24.2 Å². The topological polar surface area (TPSA) is 35.9 Å². The third kappa shape index (κ3) is 4.77. The van der Waals surface area contributed by atoms with Gasteiger partial charge in [-0.05, 0) is 12.3 Å². The minimum atomic E-state index is 0. The van der Waals surface area contributed by atoms with Crippen molar-refractivity contribution < 1.29 is 0 Å². The summed E-state index contributed by atoms with van der Waals surface area (Å²) in [6, 6.07) is 0.